The van der Waals surface area contributed by atoms with E-state index in [9.17, 15) is 9.59 Å². The van der Waals surface area contributed by atoms with Crippen LogP contribution in [0, 0.1) is 0 Å². The molecular weight excluding hydrogens is 416 g/mol. The van der Waals surface area contributed by atoms with Crippen LogP contribution >= 0.6 is 0 Å². The third-order valence-corrected chi connectivity index (χ3v) is 6.21. The standard InChI is InChI=1S/C26H34N4O3/c1-6-18(3)30(19(4)7-2)25(31)17-29-23-11-9-8-10-22(23)28-24(29)16-27-26(32)20-12-14-21(33-5)15-13-20/h8-15,18-19H,6-7,16-17H2,1-5H3,(H,27,32). The molecule has 0 fully saturated rings. The van der Waals surface area contributed by atoms with Crippen LogP contribution in [0.1, 0.15) is 56.7 Å². The highest BCUT2D eigenvalue weighted by molar-refractivity contribution is 5.94. The third-order valence-electron chi connectivity index (χ3n) is 6.21. The Hall–Kier alpha value is -3.35. The van der Waals surface area contributed by atoms with E-state index in [1.807, 2.05) is 33.7 Å². The van der Waals surface area contributed by atoms with Crippen LogP contribution in [-0.2, 0) is 17.9 Å². The molecule has 2 aromatic carbocycles. The molecule has 1 N–H and O–H groups in total. The van der Waals surface area contributed by atoms with E-state index < -0.39 is 0 Å². The van der Waals surface area contributed by atoms with E-state index >= 15 is 0 Å². The number of para-hydroxylation sites is 2. The van der Waals surface area contributed by atoms with Gasteiger partial charge in [-0.2, -0.15) is 0 Å². The summed E-state index contributed by atoms with van der Waals surface area (Å²) in [5.74, 6) is 1.20. The lowest BCUT2D eigenvalue weighted by Gasteiger charge is -2.34. The number of imidazole rings is 1. The molecule has 1 aromatic heterocycles. The van der Waals surface area contributed by atoms with Gasteiger partial charge in [0.1, 0.15) is 18.1 Å². The highest BCUT2D eigenvalue weighted by Gasteiger charge is 2.25. The number of nitrogens with one attached hydrogen (secondary N) is 1. The van der Waals surface area contributed by atoms with Crippen molar-refractivity contribution in [2.45, 2.75) is 65.7 Å². The monoisotopic (exact) mass is 450 g/mol. The summed E-state index contributed by atoms with van der Waals surface area (Å²) in [6, 6.07) is 15.0. The van der Waals surface area contributed by atoms with Crippen molar-refractivity contribution < 1.29 is 14.3 Å². The van der Waals surface area contributed by atoms with Gasteiger partial charge in [-0.1, -0.05) is 26.0 Å². The Morgan fingerprint density at radius 1 is 1.03 bits per heavy atom. The molecular formula is C26H34N4O3. The zero-order valence-electron chi connectivity index (χ0n) is 20.2. The number of hydrogen-bond donors (Lipinski definition) is 1. The molecule has 176 valence electrons. The third kappa shape index (κ3) is 5.53. The average Bonchev–Trinajstić information content (AvgIpc) is 3.19. The lowest BCUT2D eigenvalue weighted by atomic mass is 10.1. The number of carbonyl (C=O) groups is 2. The smallest absolute Gasteiger partial charge is 0.251 e. The second-order valence-electron chi connectivity index (χ2n) is 8.33. The lowest BCUT2D eigenvalue weighted by molar-refractivity contribution is -0.136. The van der Waals surface area contributed by atoms with Crippen molar-refractivity contribution in [2.75, 3.05) is 7.11 Å². The van der Waals surface area contributed by atoms with E-state index in [0.717, 1.165) is 23.9 Å². The fraction of sp³-hybridized carbons (Fsp3) is 0.423. The van der Waals surface area contributed by atoms with Gasteiger partial charge >= 0.3 is 0 Å². The summed E-state index contributed by atoms with van der Waals surface area (Å²) in [5.41, 5.74) is 2.22. The molecule has 0 saturated carbocycles. The number of benzene rings is 2. The summed E-state index contributed by atoms with van der Waals surface area (Å²) in [6.07, 6.45) is 1.79. The fourth-order valence-electron chi connectivity index (χ4n) is 3.98. The predicted molar refractivity (Wildman–Crippen MR) is 130 cm³/mol. The Kier molecular flexibility index (Phi) is 8.09. The lowest BCUT2D eigenvalue weighted by Crippen LogP contribution is -2.46. The summed E-state index contributed by atoms with van der Waals surface area (Å²) < 4.78 is 7.07. The van der Waals surface area contributed by atoms with E-state index in [4.69, 9.17) is 9.72 Å². The van der Waals surface area contributed by atoms with Crippen LogP contribution in [0.3, 0.4) is 0 Å². The molecule has 2 atom stereocenters. The molecule has 0 radical (unpaired) electrons. The first-order chi connectivity index (χ1) is 15.9. The Labute approximate surface area is 195 Å². The van der Waals surface area contributed by atoms with Crippen LogP contribution < -0.4 is 10.1 Å². The predicted octanol–water partition coefficient (Wildman–Crippen LogP) is 4.40. The Balaban J connectivity index is 1.84. The molecule has 7 heteroatoms. The number of ether oxygens (including phenoxy) is 1. The van der Waals surface area contributed by atoms with E-state index in [-0.39, 0.29) is 37.0 Å². The minimum Gasteiger partial charge on any atom is -0.497 e. The summed E-state index contributed by atoms with van der Waals surface area (Å²) in [4.78, 5) is 32.8. The molecule has 3 aromatic rings. The fourth-order valence-corrected chi connectivity index (χ4v) is 3.98. The second kappa shape index (κ2) is 11.0. The molecule has 0 aliphatic rings. The van der Waals surface area contributed by atoms with E-state index in [0.29, 0.717) is 17.1 Å². The molecule has 2 unspecified atom stereocenters. The maximum atomic E-state index is 13.4. The average molecular weight is 451 g/mol. The van der Waals surface area contributed by atoms with Crippen LogP contribution in [0.25, 0.3) is 11.0 Å². The van der Waals surface area contributed by atoms with E-state index in [1.54, 1.807) is 31.4 Å². The molecule has 0 saturated heterocycles. The zero-order valence-corrected chi connectivity index (χ0v) is 20.2. The number of fused-ring (bicyclic) bond motifs is 1. The highest BCUT2D eigenvalue weighted by Crippen LogP contribution is 2.19. The maximum Gasteiger partial charge on any atom is 0.251 e. The van der Waals surface area contributed by atoms with Gasteiger partial charge in [0.05, 0.1) is 24.7 Å². The Bertz CT molecular complexity index is 1080. The van der Waals surface area contributed by atoms with E-state index in [2.05, 4.69) is 33.0 Å². The molecule has 1 heterocycles. The summed E-state index contributed by atoms with van der Waals surface area (Å²) in [6.45, 7) is 8.78. The van der Waals surface area contributed by atoms with Crippen LogP contribution in [0.4, 0.5) is 0 Å². The van der Waals surface area contributed by atoms with E-state index in [1.165, 1.54) is 0 Å². The number of carbonyl (C=O) groups excluding carboxylic acids is 2. The zero-order chi connectivity index (χ0) is 24.0. The summed E-state index contributed by atoms with van der Waals surface area (Å²) in [7, 11) is 1.59. The van der Waals surface area contributed by atoms with Gasteiger partial charge in [0.15, 0.2) is 0 Å². The summed E-state index contributed by atoms with van der Waals surface area (Å²) >= 11 is 0. The van der Waals surface area contributed by atoms with Gasteiger partial charge < -0.3 is 19.5 Å². The van der Waals surface area contributed by atoms with Crippen molar-refractivity contribution in [1.29, 1.82) is 0 Å². The number of hydrogen-bond acceptors (Lipinski definition) is 4. The van der Waals surface area contributed by atoms with Crippen molar-refractivity contribution in [1.82, 2.24) is 19.8 Å². The van der Waals surface area contributed by atoms with Gasteiger partial charge in [-0.25, -0.2) is 4.98 Å². The number of methoxy groups -OCH3 is 1. The van der Waals surface area contributed by atoms with Gasteiger partial charge in [-0.3, -0.25) is 9.59 Å². The molecule has 2 amide bonds. The minimum absolute atomic E-state index is 0.0598. The number of nitrogens with zero attached hydrogens (tertiary/aromatic N) is 3. The maximum absolute atomic E-state index is 13.4. The first-order valence-electron chi connectivity index (χ1n) is 11.6. The Morgan fingerprint density at radius 3 is 2.27 bits per heavy atom. The minimum atomic E-state index is -0.205. The molecule has 7 nitrogen and oxygen atoms in total. The Morgan fingerprint density at radius 2 is 1.67 bits per heavy atom. The van der Waals surface area contributed by atoms with Crippen molar-refractivity contribution in [3.05, 3.63) is 59.9 Å². The first kappa shape index (κ1) is 24.3. The molecule has 0 aliphatic carbocycles. The van der Waals surface area contributed by atoms with Gasteiger partial charge in [0.25, 0.3) is 5.91 Å². The molecule has 0 bridgehead atoms. The van der Waals surface area contributed by atoms with Crippen LogP contribution in [0.2, 0.25) is 0 Å². The molecule has 0 aliphatic heterocycles. The van der Waals surface area contributed by atoms with Crippen LogP contribution in [-0.4, -0.2) is 45.5 Å². The summed E-state index contributed by atoms with van der Waals surface area (Å²) in [5, 5.41) is 2.94. The quantitative estimate of drug-likeness (QED) is 0.497. The van der Waals surface area contributed by atoms with Crippen molar-refractivity contribution >= 4 is 22.8 Å². The van der Waals surface area contributed by atoms with Gasteiger partial charge in [-0.05, 0) is 63.1 Å². The largest absolute Gasteiger partial charge is 0.497 e. The molecule has 0 spiro atoms. The highest BCUT2D eigenvalue weighted by atomic mass is 16.5. The van der Waals surface area contributed by atoms with Gasteiger partial charge in [-0.15, -0.1) is 0 Å². The molecule has 33 heavy (non-hydrogen) atoms. The number of rotatable bonds is 10. The van der Waals surface area contributed by atoms with Gasteiger partial charge in [0.2, 0.25) is 5.91 Å². The first-order valence-corrected chi connectivity index (χ1v) is 11.6. The number of aromatic nitrogens is 2. The van der Waals surface area contributed by atoms with Crippen molar-refractivity contribution in [3.63, 3.8) is 0 Å². The molecule has 3 rings (SSSR count). The van der Waals surface area contributed by atoms with Crippen LogP contribution in [0.5, 0.6) is 5.75 Å². The normalized spacial score (nSPS) is 12.9. The van der Waals surface area contributed by atoms with Crippen molar-refractivity contribution in [3.8, 4) is 5.75 Å². The topological polar surface area (TPSA) is 76.5 Å². The van der Waals surface area contributed by atoms with Crippen molar-refractivity contribution in [2.24, 2.45) is 0 Å². The van der Waals surface area contributed by atoms with Gasteiger partial charge in [0, 0.05) is 17.6 Å². The SMILES string of the molecule is CCC(C)N(C(=O)Cn1c(CNC(=O)c2ccc(OC)cc2)nc2ccccc21)C(C)CC. The number of amides is 2. The van der Waals surface area contributed by atoms with Crippen LogP contribution in [0.15, 0.2) is 48.5 Å². The second-order valence-corrected chi connectivity index (χ2v) is 8.33.